The maximum Gasteiger partial charge on any atom is 0.326 e. The molecule has 302 valence electrons. The number of nitrogens with zero attached hydrogens (tertiary/aromatic N) is 1. The Kier molecular flexibility index (Phi) is 23.1. The van der Waals surface area contributed by atoms with Gasteiger partial charge in [0.1, 0.15) is 30.2 Å². The molecule has 5 amide bonds. The molecule has 0 saturated carbocycles. The first kappa shape index (κ1) is 48.3. The topological polar surface area (TPSA) is 348 Å². The van der Waals surface area contributed by atoms with Crippen LogP contribution in [0.2, 0.25) is 0 Å². The molecule has 14 N–H and O–H groups in total. The molecule has 0 rings (SSSR count). The van der Waals surface area contributed by atoms with Crippen LogP contribution in [-0.2, 0) is 38.4 Å². The minimum atomic E-state index is -1.80. The van der Waals surface area contributed by atoms with E-state index in [9.17, 15) is 48.6 Å². The molecule has 0 aromatic heterocycles. The number of aliphatic imine (C=N–C) groups is 1. The van der Waals surface area contributed by atoms with Crippen LogP contribution in [0.25, 0.3) is 0 Å². The second-order valence-electron chi connectivity index (χ2n) is 13.3. The van der Waals surface area contributed by atoms with Gasteiger partial charge in [0.15, 0.2) is 5.96 Å². The summed E-state index contributed by atoms with van der Waals surface area (Å²) >= 11 is 1.50. The van der Waals surface area contributed by atoms with Crippen molar-refractivity contribution < 1.29 is 53.7 Å². The minimum absolute atomic E-state index is 0.00903. The fraction of sp³-hybridized carbons (Fsp3) is 0.719. The summed E-state index contributed by atoms with van der Waals surface area (Å²) in [6.07, 6.45) is 0.610. The molecule has 21 heteroatoms. The predicted molar refractivity (Wildman–Crippen MR) is 196 cm³/mol. The van der Waals surface area contributed by atoms with Crippen LogP contribution in [0, 0.1) is 11.8 Å². The van der Waals surface area contributed by atoms with E-state index in [1.165, 1.54) is 11.8 Å². The second-order valence-corrected chi connectivity index (χ2v) is 14.3. The molecule has 0 aromatic rings. The van der Waals surface area contributed by atoms with Gasteiger partial charge >= 0.3 is 17.9 Å². The highest BCUT2D eigenvalue weighted by Crippen LogP contribution is 2.11. The number of aliphatic carboxylic acids is 3. The van der Waals surface area contributed by atoms with Gasteiger partial charge in [0.25, 0.3) is 0 Å². The number of carboxylic acid groups (broad SMARTS) is 3. The lowest BCUT2D eigenvalue weighted by Crippen LogP contribution is -2.59. The van der Waals surface area contributed by atoms with Crippen LogP contribution in [0.15, 0.2) is 4.99 Å². The Hall–Kier alpha value is -4.66. The van der Waals surface area contributed by atoms with E-state index < -0.39 is 103 Å². The van der Waals surface area contributed by atoms with Crippen molar-refractivity contribution in [3.05, 3.63) is 0 Å². The number of nitrogens with two attached hydrogens (primary N) is 3. The molecule has 0 aliphatic heterocycles. The largest absolute Gasteiger partial charge is 0.481 e. The summed E-state index contributed by atoms with van der Waals surface area (Å²) in [6, 6.07) is -8.07. The van der Waals surface area contributed by atoms with Crippen molar-refractivity contribution in [1.29, 1.82) is 0 Å². The molecule has 0 bridgehead atoms. The third-order valence-electron chi connectivity index (χ3n) is 7.50. The zero-order valence-corrected chi connectivity index (χ0v) is 31.7. The zero-order chi connectivity index (χ0) is 40.8. The Morgan fingerprint density at radius 3 is 1.51 bits per heavy atom. The van der Waals surface area contributed by atoms with Crippen LogP contribution < -0.4 is 43.8 Å². The minimum Gasteiger partial charge on any atom is -0.481 e. The molecule has 53 heavy (non-hydrogen) atoms. The summed E-state index contributed by atoms with van der Waals surface area (Å²) in [5.74, 6) is -8.56. The highest BCUT2D eigenvalue weighted by atomic mass is 32.2. The zero-order valence-electron chi connectivity index (χ0n) is 30.9. The Labute approximate surface area is 313 Å². The molecule has 0 aliphatic carbocycles. The average molecular weight is 776 g/mol. The van der Waals surface area contributed by atoms with Crippen molar-refractivity contribution in [3.63, 3.8) is 0 Å². The maximum absolute atomic E-state index is 13.7. The van der Waals surface area contributed by atoms with E-state index in [-0.39, 0.29) is 50.0 Å². The number of rotatable bonds is 27. The van der Waals surface area contributed by atoms with Crippen molar-refractivity contribution in [2.75, 3.05) is 18.6 Å². The molecule has 20 nitrogen and oxygen atoms in total. The van der Waals surface area contributed by atoms with Crippen molar-refractivity contribution in [3.8, 4) is 0 Å². The highest BCUT2D eigenvalue weighted by Gasteiger charge is 2.34. The quantitative estimate of drug-likeness (QED) is 0.0246. The normalized spacial score (nSPS) is 14.4. The number of amides is 5. The standard InChI is InChI=1S/C32H57N9O11S/c1-16(2)13-21(39-27(47)19(7-6-11-36-32(34)35)37-26(46)18(33)10-12-53-5)28(48)40-22(14-17(3)4)29(49)41-23(15-25(44)45)30(50)38-20(31(51)52)8-9-24(42)43/h16-23H,6-15,33H2,1-5H3,(H,37,46)(H,38,50)(H,39,47)(H,40,48)(H,41,49)(H,42,43)(H,44,45)(H,51,52)(H4,34,35,36)/t18-,19-,20-,21-,22-,23-/m0/s1. The summed E-state index contributed by atoms with van der Waals surface area (Å²) < 4.78 is 0. The number of thioether (sulfide) groups is 1. The van der Waals surface area contributed by atoms with Gasteiger partial charge in [-0.15, -0.1) is 0 Å². The summed E-state index contributed by atoms with van der Waals surface area (Å²) in [7, 11) is 0. The maximum atomic E-state index is 13.7. The van der Waals surface area contributed by atoms with Gasteiger partial charge in [0.2, 0.25) is 29.5 Å². The van der Waals surface area contributed by atoms with E-state index in [1.807, 2.05) is 6.26 Å². The van der Waals surface area contributed by atoms with Crippen LogP contribution in [0.4, 0.5) is 0 Å². The highest BCUT2D eigenvalue weighted by molar-refractivity contribution is 7.98. The Morgan fingerprint density at radius 2 is 1.08 bits per heavy atom. The van der Waals surface area contributed by atoms with Gasteiger partial charge < -0.3 is 59.1 Å². The smallest absolute Gasteiger partial charge is 0.326 e. The third kappa shape index (κ3) is 21.5. The summed E-state index contributed by atoms with van der Waals surface area (Å²) in [4.78, 5) is 105. The fourth-order valence-corrected chi connectivity index (χ4v) is 5.32. The summed E-state index contributed by atoms with van der Waals surface area (Å²) in [5.41, 5.74) is 16.8. The van der Waals surface area contributed by atoms with E-state index in [4.69, 9.17) is 22.3 Å². The van der Waals surface area contributed by atoms with Crippen molar-refractivity contribution >= 4 is 65.2 Å². The number of carbonyl (C=O) groups is 8. The van der Waals surface area contributed by atoms with Gasteiger partial charge in [-0.25, -0.2) is 4.79 Å². The predicted octanol–water partition coefficient (Wildman–Crippen LogP) is -1.94. The Balaban J connectivity index is 6.22. The first-order valence-corrected chi connectivity index (χ1v) is 18.6. The lowest BCUT2D eigenvalue weighted by Gasteiger charge is -2.28. The van der Waals surface area contributed by atoms with Gasteiger partial charge in [0.05, 0.1) is 12.5 Å². The average Bonchev–Trinajstić information content (AvgIpc) is 3.04. The van der Waals surface area contributed by atoms with Gasteiger partial charge in [-0.1, -0.05) is 27.7 Å². The Bertz CT molecular complexity index is 1300. The van der Waals surface area contributed by atoms with Crippen LogP contribution in [0.3, 0.4) is 0 Å². The molecule has 0 radical (unpaired) electrons. The molecule has 0 spiro atoms. The molecule has 0 unspecified atom stereocenters. The number of nitrogens with one attached hydrogen (secondary N) is 5. The number of guanidine groups is 1. The van der Waals surface area contributed by atoms with Crippen LogP contribution in [0.1, 0.15) is 79.1 Å². The summed E-state index contributed by atoms with van der Waals surface area (Å²) in [6.45, 7) is 7.21. The van der Waals surface area contributed by atoms with Crippen molar-refractivity contribution in [1.82, 2.24) is 26.6 Å². The number of carbonyl (C=O) groups excluding carboxylic acids is 5. The first-order chi connectivity index (χ1) is 24.7. The van der Waals surface area contributed by atoms with Crippen LogP contribution in [-0.4, -0.2) is 124 Å². The monoisotopic (exact) mass is 775 g/mol. The molecule has 0 heterocycles. The molecule has 0 aromatic carbocycles. The third-order valence-corrected chi connectivity index (χ3v) is 8.15. The molecular formula is C32H57N9O11S. The number of carboxylic acids is 3. The molecule has 0 aliphatic rings. The van der Waals surface area contributed by atoms with Crippen LogP contribution in [0.5, 0.6) is 0 Å². The molecule has 0 saturated heterocycles. The van der Waals surface area contributed by atoms with E-state index in [0.717, 1.165) is 0 Å². The molecule has 6 atom stereocenters. The SMILES string of the molecule is CSCC[C@H](N)C(=O)N[C@@H](CCCN=C(N)N)C(=O)N[C@@H](CC(C)C)C(=O)N[C@@H](CC(C)C)C(=O)N[C@@H](CC(=O)O)C(=O)N[C@@H](CCC(=O)O)C(=O)O. The van der Waals surface area contributed by atoms with Crippen molar-refractivity contribution in [2.24, 2.45) is 34.0 Å². The first-order valence-electron chi connectivity index (χ1n) is 17.2. The fourth-order valence-electron chi connectivity index (χ4n) is 4.83. The lowest BCUT2D eigenvalue weighted by molar-refractivity contribution is -0.144. The molecule has 0 fully saturated rings. The van der Waals surface area contributed by atoms with E-state index in [2.05, 4.69) is 31.6 Å². The van der Waals surface area contributed by atoms with Gasteiger partial charge in [-0.05, 0) is 62.4 Å². The van der Waals surface area contributed by atoms with Crippen LogP contribution >= 0.6 is 11.8 Å². The van der Waals surface area contributed by atoms with Gasteiger partial charge in [-0.2, -0.15) is 11.8 Å². The van der Waals surface area contributed by atoms with Gasteiger partial charge in [-0.3, -0.25) is 38.6 Å². The van der Waals surface area contributed by atoms with E-state index in [0.29, 0.717) is 12.2 Å². The number of hydrogen-bond donors (Lipinski definition) is 11. The lowest BCUT2D eigenvalue weighted by atomic mass is 9.99. The number of hydrogen-bond acceptors (Lipinski definition) is 11. The Morgan fingerprint density at radius 1 is 0.623 bits per heavy atom. The van der Waals surface area contributed by atoms with E-state index in [1.54, 1.807) is 27.7 Å². The second kappa shape index (κ2) is 25.3. The molecular weight excluding hydrogens is 718 g/mol. The van der Waals surface area contributed by atoms with Gasteiger partial charge in [0, 0.05) is 13.0 Å². The van der Waals surface area contributed by atoms with Crippen molar-refractivity contribution in [2.45, 2.75) is 115 Å². The van der Waals surface area contributed by atoms with E-state index >= 15 is 0 Å². The summed E-state index contributed by atoms with van der Waals surface area (Å²) in [5, 5.41) is 39.9.